The van der Waals surface area contributed by atoms with Crippen LogP contribution in [0.25, 0.3) is 0 Å². The average Bonchev–Trinajstić information content (AvgIpc) is 2.24. The predicted molar refractivity (Wildman–Crippen MR) is 56.5 cm³/mol. The van der Waals surface area contributed by atoms with Gasteiger partial charge in [-0.05, 0) is 18.2 Å². The molecule has 0 aliphatic heterocycles. The largest absolute Gasteiger partial charge is 0.468 e. The minimum Gasteiger partial charge on any atom is -0.468 e. The van der Waals surface area contributed by atoms with Gasteiger partial charge in [-0.25, -0.2) is 0 Å². The lowest BCUT2D eigenvalue weighted by atomic mass is 10.2. The van der Waals surface area contributed by atoms with Crippen molar-refractivity contribution in [1.82, 2.24) is 0 Å². The molecule has 0 unspecified atom stereocenters. The lowest BCUT2D eigenvalue weighted by Gasteiger charge is -2.03. The average molecular weight is 211 g/mol. The number of rotatable bonds is 3. The van der Waals surface area contributed by atoms with Gasteiger partial charge in [0.15, 0.2) is 6.79 Å². The van der Waals surface area contributed by atoms with E-state index in [4.69, 9.17) is 21.1 Å². The van der Waals surface area contributed by atoms with Gasteiger partial charge in [-0.3, -0.25) is 0 Å². The fourth-order valence-corrected chi connectivity index (χ4v) is 0.993. The number of hydrogen-bond acceptors (Lipinski definition) is 2. The summed E-state index contributed by atoms with van der Waals surface area (Å²) in [5, 5.41) is 0. The van der Waals surface area contributed by atoms with Crippen LogP contribution >= 0.6 is 11.6 Å². The Balaban J connectivity index is 2.68. The van der Waals surface area contributed by atoms with Gasteiger partial charge in [-0.15, -0.1) is 11.6 Å². The maximum Gasteiger partial charge on any atom is 0.188 e. The molecule has 0 saturated carbocycles. The van der Waals surface area contributed by atoms with Gasteiger partial charge >= 0.3 is 0 Å². The van der Waals surface area contributed by atoms with Crippen molar-refractivity contribution in [3.05, 3.63) is 29.8 Å². The highest BCUT2D eigenvalue weighted by Gasteiger charge is 1.93. The Morgan fingerprint density at radius 1 is 1.43 bits per heavy atom. The topological polar surface area (TPSA) is 18.5 Å². The van der Waals surface area contributed by atoms with Crippen LogP contribution in [-0.2, 0) is 4.74 Å². The highest BCUT2D eigenvalue weighted by atomic mass is 35.5. The Labute approximate surface area is 88.8 Å². The monoisotopic (exact) mass is 210 g/mol. The van der Waals surface area contributed by atoms with Gasteiger partial charge in [0.25, 0.3) is 0 Å². The fraction of sp³-hybridized carbons (Fsp3) is 0.273. The summed E-state index contributed by atoms with van der Waals surface area (Å²) in [6.07, 6.45) is 0. The molecule has 14 heavy (non-hydrogen) atoms. The van der Waals surface area contributed by atoms with E-state index in [0.717, 1.165) is 11.3 Å². The number of benzene rings is 1. The third kappa shape index (κ3) is 3.69. The number of ether oxygens (including phenoxy) is 2. The first-order chi connectivity index (χ1) is 6.86. The fourth-order valence-electron chi connectivity index (χ4n) is 0.926. The summed E-state index contributed by atoms with van der Waals surface area (Å²) < 4.78 is 10.0. The first-order valence-electron chi connectivity index (χ1n) is 4.13. The second kappa shape index (κ2) is 6.31. The standard InChI is InChI=1S/C11H11ClO2/c1-13-9-14-11-6-2-4-10(8-11)5-3-7-12/h2,4,6,8H,7,9H2,1H3. The van der Waals surface area contributed by atoms with Gasteiger partial charge in [0.05, 0.1) is 5.88 Å². The maximum atomic E-state index is 5.45. The van der Waals surface area contributed by atoms with Crippen molar-refractivity contribution < 1.29 is 9.47 Å². The Hall–Kier alpha value is -1.17. The van der Waals surface area contributed by atoms with E-state index in [1.165, 1.54) is 0 Å². The van der Waals surface area contributed by atoms with Gasteiger partial charge in [0, 0.05) is 12.7 Å². The molecule has 0 aromatic heterocycles. The summed E-state index contributed by atoms with van der Waals surface area (Å²) in [5.41, 5.74) is 0.888. The summed E-state index contributed by atoms with van der Waals surface area (Å²) in [4.78, 5) is 0. The lowest BCUT2D eigenvalue weighted by Crippen LogP contribution is -1.98. The zero-order chi connectivity index (χ0) is 10.2. The number of methoxy groups -OCH3 is 1. The minimum absolute atomic E-state index is 0.242. The third-order valence-electron chi connectivity index (χ3n) is 1.48. The quantitative estimate of drug-likeness (QED) is 0.433. The molecule has 0 fully saturated rings. The first kappa shape index (κ1) is 10.9. The van der Waals surface area contributed by atoms with E-state index < -0.39 is 0 Å². The first-order valence-corrected chi connectivity index (χ1v) is 4.67. The van der Waals surface area contributed by atoms with Crippen LogP contribution in [0.15, 0.2) is 24.3 Å². The zero-order valence-electron chi connectivity index (χ0n) is 7.92. The molecule has 0 spiro atoms. The van der Waals surface area contributed by atoms with Crippen molar-refractivity contribution in [1.29, 1.82) is 0 Å². The van der Waals surface area contributed by atoms with Crippen molar-refractivity contribution in [3.63, 3.8) is 0 Å². The Morgan fingerprint density at radius 2 is 2.29 bits per heavy atom. The summed E-state index contributed by atoms with van der Waals surface area (Å²) in [6.45, 7) is 0.242. The van der Waals surface area contributed by atoms with Crippen molar-refractivity contribution in [3.8, 4) is 17.6 Å². The van der Waals surface area contributed by atoms with E-state index >= 15 is 0 Å². The number of halogens is 1. The summed E-state index contributed by atoms with van der Waals surface area (Å²) in [6, 6.07) is 7.48. The van der Waals surface area contributed by atoms with Gasteiger partial charge in [0.2, 0.25) is 0 Å². The molecule has 74 valence electrons. The van der Waals surface area contributed by atoms with E-state index in [1.54, 1.807) is 7.11 Å². The molecule has 0 radical (unpaired) electrons. The van der Waals surface area contributed by atoms with Crippen molar-refractivity contribution in [2.45, 2.75) is 0 Å². The van der Waals surface area contributed by atoms with Crippen LogP contribution in [0.3, 0.4) is 0 Å². The van der Waals surface area contributed by atoms with E-state index in [0.29, 0.717) is 5.88 Å². The SMILES string of the molecule is COCOc1cccc(C#CCCl)c1. The lowest BCUT2D eigenvalue weighted by molar-refractivity contribution is 0.0511. The van der Waals surface area contributed by atoms with E-state index in [9.17, 15) is 0 Å². The van der Waals surface area contributed by atoms with Crippen LogP contribution < -0.4 is 4.74 Å². The minimum atomic E-state index is 0.242. The van der Waals surface area contributed by atoms with Crippen LogP contribution in [0, 0.1) is 11.8 Å². The molecule has 0 N–H and O–H groups in total. The number of hydrogen-bond donors (Lipinski definition) is 0. The van der Waals surface area contributed by atoms with Crippen molar-refractivity contribution >= 4 is 11.6 Å². The molecular weight excluding hydrogens is 200 g/mol. The molecule has 0 amide bonds. The van der Waals surface area contributed by atoms with Gasteiger partial charge < -0.3 is 9.47 Å². The normalized spacial score (nSPS) is 9.00. The number of alkyl halides is 1. The van der Waals surface area contributed by atoms with Crippen molar-refractivity contribution in [2.24, 2.45) is 0 Å². The Kier molecular flexibility index (Phi) is 4.92. The summed E-state index contributed by atoms with van der Waals surface area (Å²) >= 11 is 5.45. The van der Waals surface area contributed by atoms with Gasteiger partial charge in [-0.2, -0.15) is 0 Å². The van der Waals surface area contributed by atoms with Crippen LogP contribution in [-0.4, -0.2) is 19.8 Å². The second-order valence-electron chi connectivity index (χ2n) is 2.51. The molecule has 0 heterocycles. The van der Waals surface area contributed by atoms with Gasteiger partial charge in [-0.1, -0.05) is 17.9 Å². The molecule has 2 nitrogen and oxygen atoms in total. The van der Waals surface area contributed by atoms with Crippen LogP contribution in [0.2, 0.25) is 0 Å². The van der Waals surface area contributed by atoms with Gasteiger partial charge in [0.1, 0.15) is 5.75 Å². The van der Waals surface area contributed by atoms with E-state index in [2.05, 4.69) is 11.8 Å². The molecule has 0 atom stereocenters. The highest BCUT2D eigenvalue weighted by molar-refractivity contribution is 6.19. The highest BCUT2D eigenvalue weighted by Crippen LogP contribution is 2.12. The molecule has 1 aromatic carbocycles. The second-order valence-corrected chi connectivity index (χ2v) is 2.78. The smallest absolute Gasteiger partial charge is 0.188 e. The molecule has 3 heteroatoms. The molecule has 0 saturated heterocycles. The molecule has 1 aromatic rings. The maximum absolute atomic E-state index is 5.45. The van der Waals surface area contributed by atoms with E-state index in [-0.39, 0.29) is 6.79 Å². The van der Waals surface area contributed by atoms with Crippen LogP contribution in [0.5, 0.6) is 5.75 Å². The van der Waals surface area contributed by atoms with Crippen molar-refractivity contribution in [2.75, 3.05) is 19.8 Å². The molecule has 0 bridgehead atoms. The van der Waals surface area contributed by atoms with Crippen LogP contribution in [0.1, 0.15) is 5.56 Å². The zero-order valence-corrected chi connectivity index (χ0v) is 8.67. The van der Waals surface area contributed by atoms with E-state index in [1.807, 2.05) is 24.3 Å². The molecule has 0 aliphatic rings. The Bertz CT molecular complexity index is 339. The predicted octanol–water partition coefficient (Wildman–Crippen LogP) is 2.26. The summed E-state index contributed by atoms with van der Waals surface area (Å²) in [5.74, 6) is 6.77. The molecule has 1 rings (SSSR count). The molecular formula is C11H11ClO2. The Morgan fingerprint density at radius 3 is 3.00 bits per heavy atom. The van der Waals surface area contributed by atoms with Crippen LogP contribution in [0.4, 0.5) is 0 Å². The molecule has 0 aliphatic carbocycles. The third-order valence-corrected chi connectivity index (χ3v) is 1.61. The summed E-state index contributed by atoms with van der Waals surface area (Å²) in [7, 11) is 1.58.